The highest BCUT2D eigenvalue weighted by Gasteiger charge is 2.48. The normalized spacial score (nSPS) is 22.4. The van der Waals surface area contributed by atoms with Crippen molar-refractivity contribution in [1.29, 1.82) is 0 Å². The van der Waals surface area contributed by atoms with Gasteiger partial charge in [-0.3, -0.25) is 19.4 Å². The molecule has 0 atom stereocenters. The third kappa shape index (κ3) is 3.53. The first-order chi connectivity index (χ1) is 13.0. The van der Waals surface area contributed by atoms with E-state index >= 15 is 0 Å². The van der Waals surface area contributed by atoms with Gasteiger partial charge in [-0.25, -0.2) is 9.69 Å². The Morgan fingerprint density at radius 2 is 1.67 bits per heavy atom. The highest BCUT2D eigenvalue weighted by Crippen LogP contribution is 2.28. The summed E-state index contributed by atoms with van der Waals surface area (Å²) in [5.74, 6) is -1.35. The zero-order valence-corrected chi connectivity index (χ0v) is 15.9. The summed E-state index contributed by atoms with van der Waals surface area (Å²) in [5, 5.41) is 0.703. The maximum absolute atomic E-state index is 12.7. The molecule has 1 aromatic carbocycles. The van der Waals surface area contributed by atoms with Gasteiger partial charge in [-0.05, 0) is 31.0 Å². The molecule has 0 aromatic heterocycles. The van der Waals surface area contributed by atoms with Gasteiger partial charge in [0, 0.05) is 42.9 Å². The molecule has 4 rings (SSSR count). The first-order valence-corrected chi connectivity index (χ1v) is 9.84. The van der Waals surface area contributed by atoms with Crippen molar-refractivity contribution in [2.45, 2.75) is 31.7 Å². The molecule has 4 amide bonds. The highest BCUT2D eigenvalue weighted by atomic mass is 35.5. The Hall–Kier alpha value is -2.12. The number of carbonyl (C=O) groups excluding carboxylic acids is 3. The second-order valence-electron chi connectivity index (χ2n) is 7.36. The summed E-state index contributed by atoms with van der Waals surface area (Å²) < 4.78 is 0. The summed E-state index contributed by atoms with van der Waals surface area (Å²) in [4.78, 5) is 43.9. The average Bonchev–Trinajstić information content (AvgIpc) is 3.26. The van der Waals surface area contributed by atoms with E-state index in [1.54, 1.807) is 0 Å². The molecule has 3 fully saturated rings. The number of rotatable bonds is 4. The van der Waals surface area contributed by atoms with Gasteiger partial charge < -0.3 is 4.90 Å². The largest absolute Gasteiger partial charge is 0.369 e. The van der Waals surface area contributed by atoms with Gasteiger partial charge >= 0.3 is 17.8 Å². The zero-order valence-electron chi connectivity index (χ0n) is 15.1. The van der Waals surface area contributed by atoms with Gasteiger partial charge in [-0.1, -0.05) is 30.5 Å². The van der Waals surface area contributed by atoms with Gasteiger partial charge in [0.1, 0.15) is 0 Å². The Morgan fingerprint density at radius 1 is 0.963 bits per heavy atom. The molecule has 27 heavy (non-hydrogen) atoms. The molecule has 7 nitrogen and oxygen atoms in total. The quantitative estimate of drug-likeness (QED) is 0.582. The van der Waals surface area contributed by atoms with E-state index in [9.17, 15) is 14.4 Å². The van der Waals surface area contributed by atoms with Crippen LogP contribution in [0, 0.1) is 0 Å². The SMILES string of the molecule is O=C1C(=O)N(C2CCCC2)C(=O)N1CN1CCN(c2cccc(Cl)c2)CC1. The lowest BCUT2D eigenvalue weighted by molar-refractivity contribution is -0.144. The van der Waals surface area contributed by atoms with Crippen LogP contribution in [-0.4, -0.2) is 71.4 Å². The minimum atomic E-state index is -0.691. The third-order valence-electron chi connectivity index (χ3n) is 5.66. The van der Waals surface area contributed by atoms with Gasteiger partial charge in [0.2, 0.25) is 0 Å². The van der Waals surface area contributed by atoms with Crippen molar-refractivity contribution in [1.82, 2.24) is 14.7 Å². The van der Waals surface area contributed by atoms with Crippen LogP contribution in [0.3, 0.4) is 0 Å². The van der Waals surface area contributed by atoms with E-state index in [1.165, 1.54) is 4.90 Å². The fourth-order valence-corrected chi connectivity index (χ4v) is 4.34. The number of hydrogen-bond donors (Lipinski definition) is 0. The van der Waals surface area contributed by atoms with Gasteiger partial charge in [-0.15, -0.1) is 0 Å². The summed E-state index contributed by atoms with van der Waals surface area (Å²) in [6.07, 6.45) is 3.61. The van der Waals surface area contributed by atoms with Gasteiger partial charge in [-0.2, -0.15) is 0 Å². The van der Waals surface area contributed by atoms with Crippen molar-refractivity contribution in [3.8, 4) is 0 Å². The molecule has 0 bridgehead atoms. The predicted octanol–water partition coefficient (Wildman–Crippen LogP) is 2.15. The summed E-state index contributed by atoms with van der Waals surface area (Å²) >= 11 is 6.06. The number of benzene rings is 1. The Kier molecular flexibility index (Phi) is 5.06. The smallest absolute Gasteiger partial charge is 0.335 e. The van der Waals surface area contributed by atoms with Crippen LogP contribution in [0.25, 0.3) is 0 Å². The second kappa shape index (κ2) is 7.48. The van der Waals surface area contributed by atoms with Crippen LogP contribution in [0.15, 0.2) is 24.3 Å². The number of piperazine rings is 1. The molecule has 2 aliphatic heterocycles. The van der Waals surface area contributed by atoms with Crippen LogP contribution in [0.1, 0.15) is 25.7 Å². The lowest BCUT2D eigenvalue weighted by Crippen LogP contribution is -2.51. The summed E-state index contributed by atoms with van der Waals surface area (Å²) in [6.45, 7) is 3.14. The number of urea groups is 1. The maximum atomic E-state index is 12.7. The molecular weight excluding hydrogens is 368 g/mol. The molecule has 2 heterocycles. The van der Waals surface area contributed by atoms with Crippen LogP contribution in [0.2, 0.25) is 5.02 Å². The minimum Gasteiger partial charge on any atom is -0.369 e. The van der Waals surface area contributed by atoms with Crippen molar-refractivity contribution >= 4 is 35.1 Å². The molecule has 0 radical (unpaired) electrons. The number of halogens is 1. The Morgan fingerprint density at radius 3 is 2.33 bits per heavy atom. The second-order valence-corrected chi connectivity index (χ2v) is 7.79. The molecule has 1 saturated carbocycles. The fourth-order valence-electron chi connectivity index (χ4n) is 4.15. The van der Waals surface area contributed by atoms with E-state index in [-0.39, 0.29) is 12.7 Å². The number of hydrogen-bond acceptors (Lipinski definition) is 5. The molecule has 0 spiro atoms. The Labute approximate surface area is 163 Å². The first-order valence-electron chi connectivity index (χ1n) is 9.46. The molecule has 1 aromatic rings. The van der Waals surface area contributed by atoms with E-state index < -0.39 is 17.8 Å². The summed E-state index contributed by atoms with van der Waals surface area (Å²) in [7, 11) is 0. The van der Waals surface area contributed by atoms with Crippen molar-refractivity contribution < 1.29 is 14.4 Å². The lowest BCUT2D eigenvalue weighted by atomic mass is 10.2. The van der Waals surface area contributed by atoms with E-state index in [2.05, 4.69) is 4.90 Å². The number of amides is 4. The van der Waals surface area contributed by atoms with Crippen LogP contribution >= 0.6 is 11.6 Å². The molecule has 8 heteroatoms. The molecule has 144 valence electrons. The number of nitrogens with zero attached hydrogens (tertiary/aromatic N) is 4. The number of imide groups is 2. The number of anilines is 1. The van der Waals surface area contributed by atoms with Crippen LogP contribution in [0.5, 0.6) is 0 Å². The molecule has 1 aliphatic carbocycles. The van der Waals surface area contributed by atoms with Gasteiger partial charge in [0.05, 0.1) is 6.67 Å². The average molecular weight is 391 g/mol. The standard InChI is InChI=1S/C19H23ClN4O3/c20-14-4-3-7-16(12-14)22-10-8-21(9-11-22)13-23-17(25)18(26)24(19(23)27)15-5-1-2-6-15/h3-4,7,12,15H,1-2,5-6,8-11,13H2. The van der Waals surface area contributed by atoms with Crippen LogP contribution < -0.4 is 4.90 Å². The Balaban J connectivity index is 1.36. The lowest BCUT2D eigenvalue weighted by Gasteiger charge is -2.37. The summed E-state index contributed by atoms with van der Waals surface area (Å²) in [5.41, 5.74) is 1.07. The molecule has 0 N–H and O–H groups in total. The van der Waals surface area contributed by atoms with E-state index in [0.29, 0.717) is 18.1 Å². The monoisotopic (exact) mass is 390 g/mol. The zero-order chi connectivity index (χ0) is 19.0. The van der Waals surface area contributed by atoms with Crippen molar-refractivity contribution in [3.05, 3.63) is 29.3 Å². The van der Waals surface area contributed by atoms with Crippen LogP contribution in [-0.2, 0) is 9.59 Å². The van der Waals surface area contributed by atoms with E-state index in [0.717, 1.165) is 49.4 Å². The van der Waals surface area contributed by atoms with Crippen molar-refractivity contribution in [3.63, 3.8) is 0 Å². The van der Waals surface area contributed by atoms with Gasteiger partial charge in [0.25, 0.3) is 0 Å². The molecular formula is C19H23ClN4O3. The topological polar surface area (TPSA) is 64.2 Å². The van der Waals surface area contributed by atoms with E-state index in [4.69, 9.17) is 11.6 Å². The van der Waals surface area contributed by atoms with Gasteiger partial charge in [0.15, 0.2) is 0 Å². The molecule has 3 aliphatic rings. The van der Waals surface area contributed by atoms with Crippen molar-refractivity contribution in [2.24, 2.45) is 0 Å². The third-order valence-corrected chi connectivity index (χ3v) is 5.90. The first kappa shape index (κ1) is 18.3. The minimum absolute atomic E-state index is 0.112. The Bertz CT molecular complexity index is 757. The summed E-state index contributed by atoms with van der Waals surface area (Å²) in [6, 6.07) is 7.16. The fraction of sp³-hybridized carbons (Fsp3) is 0.526. The van der Waals surface area contributed by atoms with Crippen LogP contribution in [0.4, 0.5) is 10.5 Å². The molecule has 0 unspecified atom stereocenters. The van der Waals surface area contributed by atoms with Crippen molar-refractivity contribution in [2.75, 3.05) is 37.7 Å². The van der Waals surface area contributed by atoms with E-state index in [1.807, 2.05) is 29.2 Å². The molecule has 2 saturated heterocycles. The maximum Gasteiger partial charge on any atom is 0.335 e. The number of carbonyl (C=O) groups is 3. The highest BCUT2D eigenvalue weighted by molar-refractivity contribution is 6.44. The predicted molar refractivity (Wildman–Crippen MR) is 101 cm³/mol.